The van der Waals surface area contributed by atoms with Gasteiger partial charge in [-0.3, -0.25) is 13.5 Å². The van der Waals surface area contributed by atoms with Crippen LogP contribution in [0.2, 0.25) is 0 Å². The predicted octanol–water partition coefficient (Wildman–Crippen LogP) is 1.53. The first-order chi connectivity index (χ1) is 8.54. The molecule has 0 aromatic carbocycles. The Kier molecular flexibility index (Phi) is 4.98. The molecule has 0 unspecified atom stereocenters. The van der Waals surface area contributed by atoms with E-state index in [4.69, 9.17) is 4.74 Å². The molecule has 2 heterocycles. The van der Waals surface area contributed by atoms with Crippen LogP contribution in [-0.4, -0.2) is 67.9 Å². The van der Waals surface area contributed by atoms with E-state index in [0.717, 1.165) is 39.0 Å². The molecule has 0 radical (unpaired) electrons. The summed E-state index contributed by atoms with van der Waals surface area (Å²) in [5, 5.41) is 0. The minimum atomic E-state index is -2.20. The highest BCUT2D eigenvalue weighted by Gasteiger charge is 2.31. The van der Waals surface area contributed by atoms with Gasteiger partial charge < -0.3 is 9.64 Å². The molecule has 0 saturated carbocycles. The second-order valence-electron chi connectivity index (χ2n) is 5.63. The summed E-state index contributed by atoms with van der Waals surface area (Å²) in [6, 6.07) is 0.549. The number of nitrogens with zero attached hydrogens (tertiary/aromatic N) is 2. The first-order valence-corrected chi connectivity index (χ1v) is 6.94. The number of likely N-dealkylation sites (tertiary alicyclic amines) is 1. The number of ether oxygens (including phenoxy) is 1. The lowest BCUT2D eigenvalue weighted by Gasteiger charge is -2.43. The molecule has 0 amide bonds. The SMILES string of the molecule is C[C@@H]1CN(C2CCN(CB(F)F)CC2)C[C@H](C)O1. The summed E-state index contributed by atoms with van der Waals surface area (Å²) >= 11 is 0. The van der Waals surface area contributed by atoms with E-state index < -0.39 is 7.27 Å². The topological polar surface area (TPSA) is 15.7 Å². The van der Waals surface area contributed by atoms with E-state index in [1.165, 1.54) is 0 Å². The zero-order valence-electron chi connectivity index (χ0n) is 11.3. The summed E-state index contributed by atoms with van der Waals surface area (Å²) < 4.78 is 30.3. The van der Waals surface area contributed by atoms with Crippen molar-refractivity contribution in [2.24, 2.45) is 0 Å². The van der Waals surface area contributed by atoms with Gasteiger partial charge in [0.05, 0.1) is 12.2 Å². The van der Waals surface area contributed by atoms with Gasteiger partial charge in [0.2, 0.25) is 0 Å². The first-order valence-electron chi connectivity index (χ1n) is 6.94. The van der Waals surface area contributed by atoms with Crippen molar-refractivity contribution >= 4 is 7.27 Å². The molecule has 0 bridgehead atoms. The number of hydrogen-bond acceptors (Lipinski definition) is 3. The first kappa shape index (κ1) is 14.2. The zero-order chi connectivity index (χ0) is 13.1. The third-order valence-corrected chi connectivity index (χ3v) is 3.92. The van der Waals surface area contributed by atoms with Crippen molar-refractivity contribution in [3.8, 4) is 0 Å². The monoisotopic (exact) mass is 260 g/mol. The van der Waals surface area contributed by atoms with Gasteiger partial charge >= 0.3 is 7.27 Å². The molecule has 2 atom stereocenters. The number of hydrogen-bond donors (Lipinski definition) is 0. The Bertz CT molecular complexity index is 252. The van der Waals surface area contributed by atoms with Crippen molar-refractivity contribution in [1.29, 1.82) is 0 Å². The lowest BCUT2D eigenvalue weighted by Crippen LogP contribution is -2.53. The van der Waals surface area contributed by atoms with Gasteiger partial charge in [0.25, 0.3) is 0 Å². The van der Waals surface area contributed by atoms with E-state index in [9.17, 15) is 8.63 Å². The molecular weight excluding hydrogens is 237 g/mol. The molecule has 3 nitrogen and oxygen atoms in total. The van der Waals surface area contributed by atoms with Crippen molar-refractivity contribution in [2.75, 3.05) is 32.6 Å². The second-order valence-corrected chi connectivity index (χ2v) is 5.63. The van der Waals surface area contributed by atoms with Gasteiger partial charge in [0, 0.05) is 25.6 Å². The van der Waals surface area contributed by atoms with Gasteiger partial charge in [-0.15, -0.1) is 0 Å². The quantitative estimate of drug-likeness (QED) is 0.716. The van der Waals surface area contributed by atoms with Crippen LogP contribution in [0.25, 0.3) is 0 Å². The van der Waals surface area contributed by atoms with Gasteiger partial charge in [0.15, 0.2) is 0 Å². The zero-order valence-corrected chi connectivity index (χ0v) is 11.3. The van der Waals surface area contributed by atoms with Gasteiger partial charge in [0.1, 0.15) is 0 Å². The third-order valence-electron chi connectivity index (χ3n) is 3.92. The maximum absolute atomic E-state index is 12.3. The van der Waals surface area contributed by atoms with E-state index in [1.54, 1.807) is 0 Å². The number of halogens is 2. The van der Waals surface area contributed by atoms with Crippen molar-refractivity contribution in [2.45, 2.75) is 44.9 Å². The van der Waals surface area contributed by atoms with E-state index in [0.29, 0.717) is 6.04 Å². The highest BCUT2D eigenvalue weighted by Crippen LogP contribution is 2.21. The van der Waals surface area contributed by atoms with Crippen LogP contribution in [0, 0.1) is 0 Å². The van der Waals surface area contributed by atoms with Gasteiger partial charge in [-0.25, -0.2) is 0 Å². The summed E-state index contributed by atoms with van der Waals surface area (Å²) in [6.45, 7) is 7.77. The Morgan fingerprint density at radius 3 is 2.17 bits per heavy atom. The molecule has 0 aliphatic carbocycles. The lowest BCUT2D eigenvalue weighted by molar-refractivity contribution is -0.0860. The highest BCUT2D eigenvalue weighted by molar-refractivity contribution is 6.42. The fourth-order valence-corrected chi connectivity index (χ4v) is 3.18. The van der Waals surface area contributed by atoms with Gasteiger partial charge in [-0.2, -0.15) is 0 Å². The Labute approximate surface area is 109 Å². The van der Waals surface area contributed by atoms with Crippen molar-refractivity contribution in [3.63, 3.8) is 0 Å². The Hall–Kier alpha value is -0.195. The molecule has 6 heteroatoms. The molecule has 2 fully saturated rings. The molecule has 0 aromatic heterocycles. The third kappa shape index (κ3) is 3.90. The predicted molar refractivity (Wildman–Crippen MR) is 69.0 cm³/mol. The molecule has 18 heavy (non-hydrogen) atoms. The Balaban J connectivity index is 1.78. The van der Waals surface area contributed by atoms with E-state index in [1.807, 2.05) is 4.90 Å². The minimum Gasteiger partial charge on any atom is -0.373 e. The van der Waals surface area contributed by atoms with E-state index in [2.05, 4.69) is 18.7 Å². The molecule has 0 aromatic rings. The maximum Gasteiger partial charge on any atom is 0.551 e. The van der Waals surface area contributed by atoms with Gasteiger partial charge in [-0.05, 0) is 39.8 Å². The number of morpholine rings is 1. The summed E-state index contributed by atoms with van der Waals surface area (Å²) in [6.07, 6.45) is 2.52. The normalized spacial score (nSPS) is 32.7. The molecule has 2 saturated heterocycles. The average molecular weight is 260 g/mol. The molecule has 0 N–H and O–H groups in total. The summed E-state index contributed by atoms with van der Waals surface area (Å²) in [4.78, 5) is 4.37. The van der Waals surface area contributed by atoms with Crippen molar-refractivity contribution in [1.82, 2.24) is 9.80 Å². The van der Waals surface area contributed by atoms with Crippen molar-refractivity contribution in [3.05, 3.63) is 0 Å². The lowest BCUT2D eigenvalue weighted by atomic mass is 9.94. The van der Waals surface area contributed by atoms with E-state index in [-0.39, 0.29) is 18.7 Å². The minimum absolute atomic E-state index is 0.0668. The molecule has 0 spiro atoms. The second kappa shape index (κ2) is 6.30. The number of rotatable bonds is 3. The standard InChI is InChI=1S/C12H23BF2N2O/c1-10-7-17(8-11(2)18-10)12-3-5-16(6-4-12)9-13(14)15/h10-12H,3-9H2,1-2H3/t10-,11+. The summed E-state index contributed by atoms with van der Waals surface area (Å²) in [5.41, 5.74) is 0. The molecule has 2 aliphatic rings. The fourth-order valence-electron chi connectivity index (χ4n) is 3.18. The smallest absolute Gasteiger partial charge is 0.373 e. The fraction of sp³-hybridized carbons (Fsp3) is 1.00. The van der Waals surface area contributed by atoms with E-state index >= 15 is 0 Å². The highest BCUT2D eigenvalue weighted by atomic mass is 19.2. The van der Waals surface area contributed by atoms with Crippen molar-refractivity contribution < 1.29 is 13.4 Å². The molecule has 2 aliphatic heterocycles. The maximum atomic E-state index is 12.3. The van der Waals surface area contributed by atoms with Crippen LogP contribution in [0.15, 0.2) is 0 Å². The summed E-state index contributed by atoms with van der Waals surface area (Å²) in [5.74, 6) is 0. The Morgan fingerprint density at radius 2 is 1.67 bits per heavy atom. The van der Waals surface area contributed by atoms with Crippen LogP contribution in [-0.2, 0) is 4.74 Å². The largest absolute Gasteiger partial charge is 0.551 e. The average Bonchev–Trinajstić information content (AvgIpc) is 2.27. The Morgan fingerprint density at radius 1 is 1.11 bits per heavy atom. The molecule has 2 rings (SSSR count). The van der Waals surface area contributed by atoms with Crippen LogP contribution in [0.3, 0.4) is 0 Å². The van der Waals surface area contributed by atoms with Gasteiger partial charge in [-0.1, -0.05) is 0 Å². The van der Waals surface area contributed by atoms with Crippen LogP contribution in [0.5, 0.6) is 0 Å². The molecular formula is C12H23BF2N2O. The summed E-state index contributed by atoms with van der Waals surface area (Å²) in [7, 11) is -2.20. The van der Waals surface area contributed by atoms with Crippen LogP contribution >= 0.6 is 0 Å². The van der Waals surface area contributed by atoms with Crippen LogP contribution in [0.1, 0.15) is 26.7 Å². The van der Waals surface area contributed by atoms with Crippen LogP contribution < -0.4 is 0 Å². The number of piperidine rings is 1. The molecule has 104 valence electrons. The van der Waals surface area contributed by atoms with Crippen LogP contribution in [0.4, 0.5) is 8.63 Å².